The largest absolute Gasteiger partial charge is 0.317 e. The standard InChI is InChI=1S/C12H25NO2S/c1-10(13-5)12(6-7-12)8-9-16(14,15)11(2,3)4/h10,13H,6-9H2,1-5H3. The van der Waals surface area contributed by atoms with E-state index in [1.54, 1.807) is 20.8 Å². The van der Waals surface area contributed by atoms with Crippen LogP contribution in [0, 0.1) is 5.41 Å². The molecule has 1 unspecified atom stereocenters. The minimum atomic E-state index is -2.96. The predicted octanol–water partition coefficient (Wildman–Crippen LogP) is 1.98. The van der Waals surface area contributed by atoms with Gasteiger partial charge in [0.1, 0.15) is 0 Å². The second kappa shape index (κ2) is 4.30. The van der Waals surface area contributed by atoms with Gasteiger partial charge in [-0.2, -0.15) is 0 Å². The summed E-state index contributed by atoms with van der Waals surface area (Å²) in [6, 6.07) is 0.419. The summed E-state index contributed by atoms with van der Waals surface area (Å²) < 4.78 is 23.4. The molecule has 4 heteroatoms. The fourth-order valence-corrected chi connectivity index (χ4v) is 3.30. The first-order chi connectivity index (χ1) is 7.15. The molecule has 1 aliphatic carbocycles. The molecule has 0 bridgehead atoms. The summed E-state index contributed by atoms with van der Waals surface area (Å²) in [5.41, 5.74) is 0.243. The molecule has 0 aromatic heterocycles. The van der Waals surface area contributed by atoms with E-state index in [9.17, 15) is 8.42 Å². The van der Waals surface area contributed by atoms with Crippen LogP contribution in [0.3, 0.4) is 0 Å². The van der Waals surface area contributed by atoms with Gasteiger partial charge in [-0.25, -0.2) is 8.42 Å². The van der Waals surface area contributed by atoms with Crippen molar-refractivity contribution in [3.8, 4) is 0 Å². The summed E-state index contributed by atoms with van der Waals surface area (Å²) in [5, 5.41) is 3.25. The molecule has 1 N–H and O–H groups in total. The van der Waals surface area contributed by atoms with E-state index in [0.717, 1.165) is 19.3 Å². The van der Waals surface area contributed by atoms with Crippen molar-refractivity contribution in [1.82, 2.24) is 5.32 Å². The first-order valence-corrected chi connectivity index (χ1v) is 7.69. The van der Waals surface area contributed by atoms with Crippen LogP contribution >= 0.6 is 0 Å². The topological polar surface area (TPSA) is 46.2 Å². The van der Waals surface area contributed by atoms with E-state index < -0.39 is 14.6 Å². The highest BCUT2D eigenvalue weighted by atomic mass is 32.2. The smallest absolute Gasteiger partial charge is 0.155 e. The molecule has 1 fully saturated rings. The third-order valence-electron chi connectivity index (χ3n) is 4.05. The summed E-state index contributed by atoms with van der Waals surface area (Å²) in [7, 11) is -1.01. The van der Waals surface area contributed by atoms with Crippen LogP contribution in [0.15, 0.2) is 0 Å². The Morgan fingerprint density at radius 1 is 1.31 bits per heavy atom. The van der Waals surface area contributed by atoms with Crippen molar-refractivity contribution in [2.75, 3.05) is 12.8 Å². The van der Waals surface area contributed by atoms with Crippen molar-refractivity contribution >= 4 is 9.84 Å². The molecule has 0 radical (unpaired) electrons. The van der Waals surface area contributed by atoms with Gasteiger partial charge in [0.05, 0.1) is 10.5 Å². The minimum absolute atomic E-state index is 0.243. The molecular weight excluding hydrogens is 222 g/mol. The zero-order valence-electron chi connectivity index (χ0n) is 11.1. The Balaban J connectivity index is 2.60. The van der Waals surface area contributed by atoms with E-state index >= 15 is 0 Å². The molecule has 1 saturated carbocycles. The Labute approximate surface area is 99.9 Å². The normalized spacial score (nSPS) is 21.8. The number of nitrogens with one attached hydrogen (secondary N) is 1. The summed E-state index contributed by atoms with van der Waals surface area (Å²) >= 11 is 0. The van der Waals surface area contributed by atoms with Gasteiger partial charge in [0.25, 0.3) is 0 Å². The van der Waals surface area contributed by atoms with Crippen LogP contribution in [0.4, 0.5) is 0 Å². The van der Waals surface area contributed by atoms with Crippen molar-refractivity contribution in [3.05, 3.63) is 0 Å². The van der Waals surface area contributed by atoms with Crippen LogP contribution in [-0.2, 0) is 9.84 Å². The lowest BCUT2D eigenvalue weighted by atomic mass is 9.95. The van der Waals surface area contributed by atoms with E-state index in [0.29, 0.717) is 11.8 Å². The summed E-state index contributed by atoms with van der Waals surface area (Å²) in [6.07, 6.45) is 3.12. The highest BCUT2D eigenvalue weighted by Crippen LogP contribution is 2.52. The molecule has 1 rings (SSSR count). The molecule has 1 atom stereocenters. The van der Waals surface area contributed by atoms with E-state index in [4.69, 9.17) is 0 Å². The van der Waals surface area contributed by atoms with Crippen LogP contribution in [0.25, 0.3) is 0 Å². The molecule has 0 heterocycles. The first kappa shape index (κ1) is 14.0. The molecular formula is C12H25NO2S. The number of hydrogen-bond donors (Lipinski definition) is 1. The van der Waals surface area contributed by atoms with Crippen molar-refractivity contribution in [2.24, 2.45) is 5.41 Å². The molecule has 0 aliphatic heterocycles. The Hall–Kier alpha value is -0.0900. The van der Waals surface area contributed by atoms with Crippen LogP contribution < -0.4 is 5.32 Å². The van der Waals surface area contributed by atoms with Gasteiger partial charge < -0.3 is 5.32 Å². The van der Waals surface area contributed by atoms with Crippen LogP contribution in [-0.4, -0.2) is 32.0 Å². The molecule has 0 aromatic carbocycles. The Morgan fingerprint density at radius 2 is 1.81 bits per heavy atom. The molecule has 16 heavy (non-hydrogen) atoms. The van der Waals surface area contributed by atoms with Gasteiger partial charge in [0.15, 0.2) is 9.84 Å². The number of hydrogen-bond acceptors (Lipinski definition) is 3. The lowest BCUT2D eigenvalue weighted by Gasteiger charge is -2.25. The number of sulfone groups is 1. The predicted molar refractivity (Wildman–Crippen MR) is 68.3 cm³/mol. The molecule has 1 aliphatic rings. The average Bonchev–Trinajstić information content (AvgIpc) is 2.93. The lowest BCUT2D eigenvalue weighted by Crippen LogP contribution is -2.36. The first-order valence-electron chi connectivity index (χ1n) is 6.04. The lowest BCUT2D eigenvalue weighted by molar-refractivity contribution is 0.360. The quantitative estimate of drug-likeness (QED) is 0.808. The van der Waals surface area contributed by atoms with E-state index in [1.165, 1.54) is 0 Å². The van der Waals surface area contributed by atoms with Crippen LogP contribution in [0.1, 0.15) is 47.0 Å². The van der Waals surface area contributed by atoms with Gasteiger partial charge in [-0.1, -0.05) is 0 Å². The maximum atomic E-state index is 12.0. The van der Waals surface area contributed by atoms with Crippen molar-refractivity contribution in [3.63, 3.8) is 0 Å². The third-order valence-corrected chi connectivity index (χ3v) is 6.65. The fraction of sp³-hybridized carbons (Fsp3) is 1.00. The highest BCUT2D eigenvalue weighted by Gasteiger charge is 2.47. The monoisotopic (exact) mass is 247 g/mol. The zero-order chi connectivity index (χ0) is 12.6. The molecule has 0 aromatic rings. The second-order valence-electron chi connectivity index (χ2n) is 6.05. The zero-order valence-corrected chi connectivity index (χ0v) is 11.9. The van der Waals surface area contributed by atoms with Crippen LogP contribution in [0.5, 0.6) is 0 Å². The SMILES string of the molecule is CNC(C)C1(CCS(=O)(=O)C(C)(C)C)CC1. The Bertz CT molecular complexity index is 337. The third kappa shape index (κ3) is 2.77. The summed E-state index contributed by atoms with van der Waals surface area (Å²) in [4.78, 5) is 0. The fourth-order valence-electron chi connectivity index (χ4n) is 2.01. The van der Waals surface area contributed by atoms with Gasteiger partial charge in [-0.05, 0) is 59.4 Å². The maximum Gasteiger partial charge on any atom is 0.155 e. The molecule has 96 valence electrons. The highest BCUT2D eigenvalue weighted by molar-refractivity contribution is 7.92. The molecule has 0 saturated heterocycles. The summed E-state index contributed by atoms with van der Waals surface area (Å²) in [6.45, 7) is 7.49. The second-order valence-corrected chi connectivity index (χ2v) is 8.92. The molecule has 3 nitrogen and oxygen atoms in total. The Morgan fingerprint density at radius 3 is 2.12 bits per heavy atom. The van der Waals surface area contributed by atoms with Crippen molar-refractivity contribution in [1.29, 1.82) is 0 Å². The van der Waals surface area contributed by atoms with Crippen LogP contribution in [0.2, 0.25) is 0 Å². The van der Waals surface area contributed by atoms with E-state index in [2.05, 4.69) is 12.2 Å². The maximum absolute atomic E-state index is 12.0. The minimum Gasteiger partial charge on any atom is -0.317 e. The van der Waals surface area contributed by atoms with E-state index in [1.807, 2.05) is 7.05 Å². The van der Waals surface area contributed by atoms with Gasteiger partial charge in [0, 0.05) is 6.04 Å². The average molecular weight is 247 g/mol. The molecule has 0 amide bonds. The number of rotatable bonds is 5. The molecule has 0 spiro atoms. The van der Waals surface area contributed by atoms with Gasteiger partial charge >= 0.3 is 0 Å². The summed E-state index contributed by atoms with van der Waals surface area (Å²) in [5.74, 6) is 0.322. The van der Waals surface area contributed by atoms with Crippen molar-refractivity contribution < 1.29 is 8.42 Å². The van der Waals surface area contributed by atoms with Gasteiger partial charge in [-0.15, -0.1) is 0 Å². The van der Waals surface area contributed by atoms with Gasteiger partial charge in [-0.3, -0.25) is 0 Å². The Kier molecular flexibility index (Phi) is 3.75. The van der Waals surface area contributed by atoms with Crippen molar-refractivity contribution in [2.45, 2.75) is 57.7 Å². The van der Waals surface area contributed by atoms with E-state index in [-0.39, 0.29) is 5.41 Å². The van der Waals surface area contributed by atoms with Gasteiger partial charge in [0.2, 0.25) is 0 Å².